The zero-order valence-electron chi connectivity index (χ0n) is 19.5. The fourth-order valence-electron chi connectivity index (χ4n) is 4.46. The Balaban J connectivity index is 1.74. The second kappa shape index (κ2) is 11.5. The number of benzene rings is 2. The number of hydrogen-bond acceptors (Lipinski definition) is 5. The molecule has 0 saturated carbocycles. The molecule has 0 aliphatic carbocycles. The van der Waals surface area contributed by atoms with Gasteiger partial charge in [-0.25, -0.2) is 0 Å². The minimum absolute atomic E-state index is 0.143. The van der Waals surface area contributed by atoms with Gasteiger partial charge in [0.1, 0.15) is 5.54 Å². The van der Waals surface area contributed by atoms with E-state index in [9.17, 15) is 9.59 Å². The first-order chi connectivity index (χ1) is 16.1. The summed E-state index contributed by atoms with van der Waals surface area (Å²) in [7, 11) is 1.59. The number of ether oxygens (including phenoxy) is 1. The zero-order chi connectivity index (χ0) is 24.9. The Morgan fingerprint density at radius 3 is 2.15 bits per heavy atom. The van der Waals surface area contributed by atoms with Gasteiger partial charge in [0.25, 0.3) is 0 Å². The highest BCUT2D eigenvalue weighted by Crippen LogP contribution is 2.26. The summed E-state index contributed by atoms with van der Waals surface area (Å²) < 4.78 is 5.42. The monoisotopic (exact) mass is 506 g/mol. The van der Waals surface area contributed by atoms with Crippen LogP contribution in [-0.4, -0.2) is 72.6 Å². The summed E-state index contributed by atoms with van der Waals surface area (Å²) in [4.78, 5) is 29.7. The molecule has 34 heavy (non-hydrogen) atoms. The molecule has 2 aromatic carbocycles. The molecule has 184 valence electrons. The van der Waals surface area contributed by atoms with Gasteiger partial charge < -0.3 is 21.1 Å². The van der Waals surface area contributed by atoms with Gasteiger partial charge in [0, 0.05) is 36.8 Å². The second-order valence-electron chi connectivity index (χ2n) is 8.97. The first kappa shape index (κ1) is 26.4. The van der Waals surface area contributed by atoms with Crippen molar-refractivity contribution in [1.29, 1.82) is 0 Å². The van der Waals surface area contributed by atoms with Crippen molar-refractivity contribution in [3.8, 4) is 0 Å². The number of nitrogens with two attached hydrogens (primary N) is 2. The van der Waals surface area contributed by atoms with Crippen molar-refractivity contribution >= 4 is 35.0 Å². The fourth-order valence-corrected chi connectivity index (χ4v) is 4.71. The van der Waals surface area contributed by atoms with Gasteiger partial charge in [0.2, 0.25) is 11.8 Å². The van der Waals surface area contributed by atoms with Crippen LogP contribution in [0.2, 0.25) is 10.0 Å². The van der Waals surface area contributed by atoms with Crippen molar-refractivity contribution in [2.24, 2.45) is 11.5 Å². The van der Waals surface area contributed by atoms with E-state index in [0.717, 1.165) is 11.1 Å². The van der Waals surface area contributed by atoms with E-state index in [2.05, 4.69) is 0 Å². The van der Waals surface area contributed by atoms with E-state index < -0.39 is 17.5 Å². The first-order valence-electron chi connectivity index (χ1n) is 11.2. The van der Waals surface area contributed by atoms with Crippen LogP contribution in [0.15, 0.2) is 48.5 Å². The molecule has 0 bridgehead atoms. The molecule has 0 aromatic heterocycles. The predicted octanol–water partition coefficient (Wildman–Crippen LogP) is 2.51. The number of nitrogens with zero attached hydrogens (tertiary/aromatic N) is 2. The number of amides is 2. The van der Waals surface area contributed by atoms with Crippen molar-refractivity contribution in [2.45, 2.75) is 37.4 Å². The third-order valence-electron chi connectivity index (χ3n) is 6.50. The first-order valence-corrected chi connectivity index (χ1v) is 12.0. The number of carbonyl (C=O) groups is 2. The molecule has 4 N–H and O–H groups in total. The van der Waals surface area contributed by atoms with Crippen LogP contribution in [0.1, 0.15) is 18.1 Å². The summed E-state index contributed by atoms with van der Waals surface area (Å²) >= 11 is 12.0. The lowest BCUT2D eigenvalue weighted by Crippen LogP contribution is -2.67. The maximum absolute atomic E-state index is 13.3. The number of rotatable bonds is 9. The van der Waals surface area contributed by atoms with E-state index in [0.29, 0.717) is 49.1 Å². The number of hydrogen-bond donors (Lipinski definition) is 2. The van der Waals surface area contributed by atoms with Crippen LogP contribution >= 0.6 is 23.2 Å². The van der Waals surface area contributed by atoms with Gasteiger partial charge in [0.15, 0.2) is 0 Å². The summed E-state index contributed by atoms with van der Waals surface area (Å²) in [6, 6.07) is 13.7. The molecule has 0 radical (unpaired) electrons. The van der Waals surface area contributed by atoms with E-state index in [-0.39, 0.29) is 11.9 Å². The summed E-state index contributed by atoms with van der Waals surface area (Å²) in [6.07, 6.45) is 0.842. The smallest absolute Gasteiger partial charge is 0.240 e. The van der Waals surface area contributed by atoms with Crippen molar-refractivity contribution in [3.05, 3.63) is 69.7 Å². The molecule has 9 heteroatoms. The van der Waals surface area contributed by atoms with Gasteiger partial charge in [-0.15, -0.1) is 0 Å². The van der Waals surface area contributed by atoms with Crippen LogP contribution in [0.5, 0.6) is 0 Å². The van der Waals surface area contributed by atoms with Crippen LogP contribution in [0.25, 0.3) is 0 Å². The summed E-state index contributed by atoms with van der Waals surface area (Å²) in [5, 5.41) is 1.27. The zero-order valence-corrected chi connectivity index (χ0v) is 21.1. The largest absolute Gasteiger partial charge is 0.382 e. The minimum Gasteiger partial charge on any atom is -0.382 e. The highest BCUT2D eigenvalue weighted by molar-refractivity contribution is 6.30. The van der Waals surface area contributed by atoms with Gasteiger partial charge in [0.05, 0.1) is 18.7 Å². The van der Waals surface area contributed by atoms with Crippen LogP contribution < -0.4 is 11.5 Å². The normalized spacial score (nSPS) is 19.4. The molecule has 7 nitrogen and oxygen atoms in total. The maximum atomic E-state index is 13.3. The molecule has 1 saturated heterocycles. The number of halogens is 2. The van der Waals surface area contributed by atoms with Gasteiger partial charge in [-0.3, -0.25) is 14.5 Å². The Morgan fingerprint density at radius 2 is 1.62 bits per heavy atom. The molecule has 2 aromatic rings. The van der Waals surface area contributed by atoms with Crippen molar-refractivity contribution < 1.29 is 14.3 Å². The molecule has 1 heterocycles. The Labute approximate surface area is 210 Å². The topological polar surface area (TPSA) is 102 Å². The highest BCUT2D eigenvalue weighted by Gasteiger charge is 2.43. The van der Waals surface area contributed by atoms with Crippen LogP contribution in [0.4, 0.5) is 0 Å². The van der Waals surface area contributed by atoms with Crippen molar-refractivity contribution in [3.63, 3.8) is 0 Å². The molecule has 2 amide bonds. The van der Waals surface area contributed by atoms with Gasteiger partial charge >= 0.3 is 0 Å². The van der Waals surface area contributed by atoms with Crippen molar-refractivity contribution in [1.82, 2.24) is 9.80 Å². The maximum Gasteiger partial charge on any atom is 0.240 e. The van der Waals surface area contributed by atoms with Crippen LogP contribution in [-0.2, 0) is 27.2 Å². The number of carbonyl (C=O) groups excluding carboxylic acids is 2. The lowest BCUT2D eigenvalue weighted by Gasteiger charge is -2.48. The van der Waals surface area contributed by atoms with E-state index in [4.69, 9.17) is 39.4 Å². The predicted molar refractivity (Wildman–Crippen MR) is 135 cm³/mol. The van der Waals surface area contributed by atoms with Crippen molar-refractivity contribution in [2.75, 3.05) is 33.4 Å². The SMILES string of the molecule is COCC1CN(C(C)(Cc2ccc(Cl)cc2)C(N)=O)CCN1C(=O)C(N)Cc1ccc(Cl)cc1. The Morgan fingerprint density at radius 1 is 1.06 bits per heavy atom. The number of piperazine rings is 1. The highest BCUT2D eigenvalue weighted by atomic mass is 35.5. The van der Waals surface area contributed by atoms with E-state index in [1.807, 2.05) is 36.1 Å². The molecule has 3 unspecified atom stereocenters. The lowest BCUT2D eigenvalue weighted by molar-refractivity contribution is -0.143. The number of primary amides is 1. The average molecular weight is 507 g/mol. The third kappa shape index (κ3) is 6.29. The molecule has 1 aliphatic heterocycles. The van der Waals surface area contributed by atoms with Gasteiger partial charge in [-0.2, -0.15) is 0 Å². The standard InChI is InChI=1S/C25H32Cl2N4O3/c1-25(24(29)33,14-18-5-9-20(27)10-6-18)30-11-12-31(21(15-30)16-34-2)23(32)22(28)13-17-3-7-19(26)8-4-17/h3-10,21-22H,11-16,28H2,1-2H3,(H2,29,33). The van der Waals surface area contributed by atoms with E-state index in [1.54, 1.807) is 36.3 Å². The molecule has 1 aliphatic rings. The Bertz CT molecular complexity index is 987. The summed E-state index contributed by atoms with van der Waals surface area (Å²) in [5.41, 5.74) is 13.2. The molecular weight excluding hydrogens is 475 g/mol. The van der Waals surface area contributed by atoms with Gasteiger partial charge in [-0.05, 0) is 55.2 Å². The Kier molecular flexibility index (Phi) is 8.95. The van der Waals surface area contributed by atoms with E-state index in [1.165, 1.54) is 0 Å². The quantitative estimate of drug-likeness (QED) is 0.543. The second-order valence-corrected chi connectivity index (χ2v) is 9.84. The summed E-state index contributed by atoms with van der Waals surface area (Å²) in [6.45, 7) is 3.53. The van der Waals surface area contributed by atoms with Crippen LogP contribution in [0.3, 0.4) is 0 Å². The molecular formula is C25H32Cl2N4O3. The minimum atomic E-state index is -0.930. The van der Waals surface area contributed by atoms with Gasteiger partial charge in [-0.1, -0.05) is 47.5 Å². The average Bonchev–Trinajstić information content (AvgIpc) is 2.81. The van der Waals surface area contributed by atoms with Crippen LogP contribution in [0, 0.1) is 0 Å². The van der Waals surface area contributed by atoms with E-state index >= 15 is 0 Å². The molecule has 1 fully saturated rings. The molecule has 3 atom stereocenters. The Hall–Kier alpha value is -2.16. The summed E-state index contributed by atoms with van der Waals surface area (Å²) in [5.74, 6) is -0.562. The molecule has 0 spiro atoms. The molecule has 3 rings (SSSR count). The number of methoxy groups -OCH3 is 1. The lowest BCUT2D eigenvalue weighted by atomic mass is 9.88. The third-order valence-corrected chi connectivity index (χ3v) is 7.01. The fraction of sp³-hybridized carbons (Fsp3) is 0.440.